The zero-order chi connectivity index (χ0) is 13.8. The van der Waals surface area contributed by atoms with Gasteiger partial charge in [-0.1, -0.05) is 48.5 Å². The molecule has 0 fully saturated rings. The Bertz CT molecular complexity index is 656. The molecule has 0 atom stereocenters. The number of methoxy groups -OCH3 is 1. The molecule has 20 heavy (non-hydrogen) atoms. The Morgan fingerprint density at radius 2 is 1.75 bits per heavy atom. The van der Waals surface area contributed by atoms with Crippen LogP contribution in [0, 0.1) is 0 Å². The average molecular weight is 263 g/mol. The van der Waals surface area contributed by atoms with Crippen LogP contribution in [0.4, 0.5) is 0 Å². The summed E-state index contributed by atoms with van der Waals surface area (Å²) < 4.78 is 5.41. The maximum absolute atomic E-state index is 5.41. The van der Waals surface area contributed by atoms with E-state index >= 15 is 0 Å². The maximum atomic E-state index is 5.41. The van der Waals surface area contributed by atoms with Gasteiger partial charge in [0.15, 0.2) is 0 Å². The first-order chi connectivity index (χ1) is 9.88. The summed E-state index contributed by atoms with van der Waals surface area (Å²) in [6.45, 7) is 0.866. The lowest BCUT2D eigenvalue weighted by atomic mass is 9.99. The molecule has 0 aromatic heterocycles. The monoisotopic (exact) mass is 263 g/mol. The van der Waals surface area contributed by atoms with Gasteiger partial charge >= 0.3 is 0 Å². The van der Waals surface area contributed by atoms with Crippen molar-refractivity contribution in [3.8, 4) is 5.75 Å². The number of ether oxygens (including phenoxy) is 1. The molecule has 0 spiro atoms. The third kappa shape index (κ3) is 2.50. The van der Waals surface area contributed by atoms with Crippen LogP contribution in [-0.2, 0) is 0 Å². The topological polar surface area (TPSA) is 21.6 Å². The Morgan fingerprint density at radius 1 is 1.00 bits per heavy atom. The summed E-state index contributed by atoms with van der Waals surface area (Å²) in [5, 5.41) is 0. The van der Waals surface area contributed by atoms with Crippen molar-refractivity contribution < 1.29 is 4.74 Å². The predicted octanol–water partition coefficient (Wildman–Crippen LogP) is 3.97. The molecule has 3 rings (SSSR count). The molecular formula is C18H17NO. The molecule has 100 valence electrons. The Morgan fingerprint density at radius 3 is 2.55 bits per heavy atom. The third-order valence-electron chi connectivity index (χ3n) is 3.47. The Kier molecular flexibility index (Phi) is 3.64. The summed E-state index contributed by atoms with van der Waals surface area (Å²) in [6, 6.07) is 18.4. The number of aliphatic imine (C=N–C) groups is 1. The molecule has 0 bridgehead atoms. The highest BCUT2D eigenvalue weighted by atomic mass is 16.5. The van der Waals surface area contributed by atoms with E-state index in [0.717, 1.165) is 30.0 Å². The van der Waals surface area contributed by atoms with Crippen LogP contribution < -0.4 is 4.74 Å². The number of nitrogens with zero attached hydrogens (tertiary/aromatic N) is 1. The fourth-order valence-electron chi connectivity index (χ4n) is 2.49. The van der Waals surface area contributed by atoms with Crippen LogP contribution in [0.15, 0.2) is 65.2 Å². The molecule has 2 aromatic rings. The highest BCUT2D eigenvalue weighted by Crippen LogP contribution is 2.26. The molecule has 0 saturated heterocycles. The number of rotatable bonds is 3. The van der Waals surface area contributed by atoms with E-state index in [9.17, 15) is 0 Å². The summed E-state index contributed by atoms with van der Waals surface area (Å²) >= 11 is 0. The fourth-order valence-corrected chi connectivity index (χ4v) is 2.49. The summed E-state index contributed by atoms with van der Waals surface area (Å²) in [4.78, 5) is 4.65. The summed E-state index contributed by atoms with van der Waals surface area (Å²) in [5.74, 6) is 0.902. The van der Waals surface area contributed by atoms with E-state index in [-0.39, 0.29) is 0 Å². The van der Waals surface area contributed by atoms with Gasteiger partial charge in [-0.15, -0.1) is 0 Å². The van der Waals surface area contributed by atoms with Gasteiger partial charge in [-0.3, -0.25) is 4.99 Å². The van der Waals surface area contributed by atoms with Crippen LogP contribution in [0.3, 0.4) is 0 Å². The Balaban J connectivity index is 1.98. The van der Waals surface area contributed by atoms with Gasteiger partial charge in [-0.05, 0) is 29.7 Å². The molecule has 2 nitrogen and oxygen atoms in total. The minimum Gasteiger partial charge on any atom is -0.496 e. The number of para-hydroxylation sites is 1. The molecule has 0 unspecified atom stereocenters. The summed E-state index contributed by atoms with van der Waals surface area (Å²) in [5.41, 5.74) is 4.68. The number of hydrogen-bond acceptors (Lipinski definition) is 2. The molecule has 0 radical (unpaired) electrons. The van der Waals surface area contributed by atoms with E-state index in [1.165, 1.54) is 11.1 Å². The van der Waals surface area contributed by atoms with Gasteiger partial charge in [-0.25, -0.2) is 0 Å². The van der Waals surface area contributed by atoms with Crippen molar-refractivity contribution >= 4 is 11.8 Å². The van der Waals surface area contributed by atoms with Gasteiger partial charge in [-0.2, -0.15) is 0 Å². The molecule has 0 aliphatic carbocycles. The molecular weight excluding hydrogens is 246 g/mol. The molecule has 2 aromatic carbocycles. The van der Waals surface area contributed by atoms with Gasteiger partial charge < -0.3 is 4.74 Å². The smallest absolute Gasteiger partial charge is 0.126 e. The first-order valence-electron chi connectivity index (χ1n) is 6.82. The lowest BCUT2D eigenvalue weighted by molar-refractivity contribution is 0.414. The molecule has 0 N–H and O–H groups in total. The second-order valence-electron chi connectivity index (χ2n) is 4.76. The molecule has 1 aliphatic rings. The van der Waals surface area contributed by atoms with E-state index < -0.39 is 0 Å². The quantitative estimate of drug-likeness (QED) is 0.821. The van der Waals surface area contributed by atoms with E-state index in [1.807, 2.05) is 24.3 Å². The van der Waals surface area contributed by atoms with E-state index in [4.69, 9.17) is 4.74 Å². The Hall–Kier alpha value is -2.35. The van der Waals surface area contributed by atoms with Crippen LogP contribution in [0.1, 0.15) is 17.5 Å². The molecule has 1 heterocycles. The molecule has 0 saturated carbocycles. The molecule has 0 amide bonds. The van der Waals surface area contributed by atoms with Crippen molar-refractivity contribution in [2.45, 2.75) is 6.42 Å². The largest absolute Gasteiger partial charge is 0.496 e. The average Bonchev–Trinajstić information content (AvgIpc) is 2.97. The normalized spacial score (nSPS) is 16.2. The second kappa shape index (κ2) is 5.74. The van der Waals surface area contributed by atoms with Crippen molar-refractivity contribution in [1.82, 2.24) is 0 Å². The van der Waals surface area contributed by atoms with Gasteiger partial charge in [0, 0.05) is 12.1 Å². The zero-order valence-electron chi connectivity index (χ0n) is 11.5. The van der Waals surface area contributed by atoms with Crippen LogP contribution in [0.2, 0.25) is 0 Å². The maximum Gasteiger partial charge on any atom is 0.126 e. The van der Waals surface area contributed by atoms with Crippen molar-refractivity contribution in [3.63, 3.8) is 0 Å². The van der Waals surface area contributed by atoms with Crippen molar-refractivity contribution in [3.05, 3.63) is 71.3 Å². The van der Waals surface area contributed by atoms with E-state index in [0.29, 0.717) is 0 Å². The van der Waals surface area contributed by atoms with Crippen molar-refractivity contribution in [1.29, 1.82) is 0 Å². The van der Waals surface area contributed by atoms with Gasteiger partial charge in [0.05, 0.1) is 12.8 Å². The fraction of sp³-hybridized carbons (Fsp3) is 0.167. The lowest BCUT2D eigenvalue weighted by Gasteiger charge is -2.07. The highest BCUT2D eigenvalue weighted by molar-refractivity contribution is 6.16. The molecule has 2 heteroatoms. The van der Waals surface area contributed by atoms with Crippen LogP contribution in [0.5, 0.6) is 5.75 Å². The van der Waals surface area contributed by atoms with Gasteiger partial charge in [0.2, 0.25) is 0 Å². The van der Waals surface area contributed by atoms with Crippen molar-refractivity contribution in [2.24, 2.45) is 4.99 Å². The highest BCUT2D eigenvalue weighted by Gasteiger charge is 2.15. The Labute approximate surface area is 119 Å². The van der Waals surface area contributed by atoms with Gasteiger partial charge in [0.25, 0.3) is 0 Å². The van der Waals surface area contributed by atoms with E-state index in [2.05, 4.69) is 41.4 Å². The minimum absolute atomic E-state index is 0.866. The van der Waals surface area contributed by atoms with Crippen LogP contribution in [0.25, 0.3) is 6.08 Å². The van der Waals surface area contributed by atoms with Gasteiger partial charge in [0.1, 0.15) is 5.75 Å². The third-order valence-corrected chi connectivity index (χ3v) is 3.47. The standard InChI is InChI=1S/C18H17NO/c1-20-17-10-6-5-9-15(17)13-16-11-12-19-18(16)14-7-3-2-4-8-14/h2-10,13H,11-12H2,1H3/b16-13+. The summed E-state index contributed by atoms with van der Waals surface area (Å²) in [7, 11) is 1.71. The summed E-state index contributed by atoms with van der Waals surface area (Å²) in [6.07, 6.45) is 3.18. The first-order valence-corrected chi connectivity index (χ1v) is 6.82. The van der Waals surface area contributed by atoms with Crippen molar-refractivity contribution in [2.75, 3.05) is 13.7 Å². The minimum atomic E-state index is 0.866. The second-order valence-corrected chi connectivity index (χ2v) is 4.76. The lowest BCUT2D eigenvalue weighted by Crippen LogP contribution is -2.00. The van der Waals surface area contributed by atoms with Crippen LogP contribution >= 0.6 is 0 Å². The first kappa shape index (κ1) is 12.7. The number of hydrogen-bond donors (Lipinski definition) is 0. The molecule has 1 aliphatic heterocycles. The predicted molar refractivity (Wildman–Crippen MR) is 83.4 cm³/mol. The number of benzene rings is 2. The van der Waals surface area contributed by atoms with E-state index in [1.54, 1.807) is 7.11 Å². The SMILES string of the molecule is COc1ccccc1/C=C1\CCN=C1c1ccccc1. The van der Waals surface area contributed by atoms with Crippen LogP contribution in [-0.4, -0.2) is 19.4 Å². The zero-order valence-corrected chi connectivity index (χ0v) is 11.5.